The Kier molecular flexibility index (Phi) is 2.80. The number of nitrogens with zero attached hydrogens (tertiary/aromatic N) is 1. The third-order valence-corrected chi connectivity index (χ3v) is 5.20. The fraction of sp³-hybridized carbons (Fsp3) is 0.733. The standard InChI is InChI=1S/C15H21NO2/c1-3-16(4-2)15(18)11-8-12(17)14-10-6-5-9(7-10)13(11)14/h8-10,13-14H,3-7H2,1-2H3/t9-,10+,13-,14+/m1/s1. The number of fused-ring (bicyclic) bond motifs is 5. The highest BCUT2D eigenvalue weighted by Crippen LogP contribution is 2.57. The van der Waals surface area contributed by atoms with Crippen LogP contribution in [0.25, 0.3) is 0 Å². The Morgan fingerprint density at radius 2 is 1.83 bits per heavy atom. The van der Waals surface area contributed by atoms with Crippen LogP contribution < -0.4 is 0 Å². The lowest BCUT2D eigenvalue weighted by atomic mass is 9.78. The van der Waals surface area contributed by atoms with Crippen LogP contribution in [0.2, 0.25) is 0 Å². The quantitative estimate of drug-likeness (QED) is 0.765. The average Bonchev–Trinajstić information content (AvgIpc) is 3.03. The number of allylic oxidation sites excluding steroid dienone is 1. The van der Waals surface area contributed by atoms with Crippen LogP contribution in [0.5, 0.6) is 0 Å². The molecular formula is C15H21NO2. The zero-order valence-corrected chi connectivity index (χ0v) is 11.2. The molecule has 0 unspecified atom stereocenters. The second-order valence-electron chi connectivity index (χ2n) is 5.86. The van der Waals surface area contributed by atoms with Gasteiger partial charge in [-0.2, -0.15) is 0 Å². The molecule has 98 valence electrons. The molecule has 2 bridgehead atoms. The number of hydrogen-bond acceptors (Lipinski definition) is 2. The van der Waals surface area contributed by atoms with E-state index in [9.17, 15) is 9.59 Å². The molecule has 4 atom stereocenters. The molecule has 3 aliphatic carbocycles. The molecule has 3 rings (SSSR count). The van der Waals surface area contributed by atoms with Crippen LogP contribution in [-0.2, 0) is 9.59 Å². The number of hydrogen-bond donors (Lipinski definition) is 0. The zero-order chi connectivity index (χ0) is 12.9. The molecule has 0 N–H and O–H groups in total. The van der Waals surface area contributed by atoms with E-state index in [1.807, 2.05) is 18.7 Å². The van der Waals surface area contributed by atoms with Gasteiger partial charge in [0.15, 0.2) is 5.78 Å². The molecule has 3 heteroatoms. The first-order valence-electron chi connectivity index (χ1n) is 7.22. The summed E-state index contributed by atoms with van der Waals surface area (Å²) in [5.74, 6) is 1.89. The third-order valence-electron chi connectivity index (χ3n) is 5.20. The lowest BCUT2D eigenvalue weighted by Crippen LogP contribution is -2.35. The van der Waals surface area contributed by atoms with Gasteiger partial charge in [0.2, 0.25) is 5.91 Å². The Morgan fingerprint density at radius 1 is 1.22 bits per heavy atom. The SMILES string of the molecule is CCN(CC)C(=O)C1=CC(=O)[C@@H]2[C@H]3CC[C@H](C3)[C@H]12. The minimum atomic E-state index is 0.105. The molecule has 0 aromatic carbocycles. The molecule has 0 aromatic rings. The third kappa shape index (κ3) is 1.49. The van der Waals surface area contributed by atoms with Crippen molar-refractivity contribution in [1.29, 1.82) is 0 Å². The van der Waals surface area contributed by atoms with Crippen molar-refractivity contribution in [3.8, 4) is 0 Å². The van der Waals surface area contributed by atoms with Gasteiger partial charge in [-0.25, -0.2) is 0 Å². The van der Waals surface area contributed by atoms with Crippen molar-refractivity contribution in [2.75, 3.05) is 13.1 Å². The van der Waals surface area contributed by atoms with Crippen molar-refractivity contribution in [2.45, 2.75) is 33.1 Å². The maximum atomic E-state index is 12.5. The van der Waals surface area contributed by atoms with Crippen molar-refractivity contribution in [1.82, 2.24) is 4.90 Å². The molecule has 0 aromatic heterocycles. The predicted molar refractivity (Wildman–Crippen MR) is 68.8 cm³/mol. The summed E-state index contributed by atoms with van der Waals surface area (Å²) in [6, 6.07) is 0. The monoisotopic (exact) mass is 247 g/mol. The number of likely N-dealkylation sites (N-methyl/N-ethyl adjacent to an activating group) is 1. The zero-order valence-electron chi connectivity index (χ0n) is 11.2. The van der Waals surface area contributed by atoms with Crippen molar-refractivity contribution in [3.63, 3.8) is 0 Å². The Hall–Kier alpha value is -1.12. The molecule has 0 aliphatic heterocycles. The van der Waals surface area contributed by atoms with Gasteiger partial charge in [-0.1, -0.05) is 0 Å². The van der Waals surface area contributed by atoms with Gasteiger partial charge in [-0.15, -0.1) is 0 Å². The number of ketones is 1. The lowest BCUT2D eigenvalue weighted by Gasteiger charge is -2.28. The van der Waals surface area contributed by atoms with E-state index in [2.05, 4.69) is 0 Å². The molecule has 1 amide bonds. The fourth-order valence-electron chi connectivity index (χ4n) is 4.39. The molecule has 3 aliphatic rings. The second-order valence-corrected chi connectivity index (χ2v) is 5.86. The second kappa shape index (κ2) is 4.22. The fourth-order valence-corrected chi connectivity index (χ4v) is 4.39. The summed E-state index contributed by atoms with van der Waals surface area (Å²) in [5, 5.41) is 0. The van der Waals surface area contributed by atoms with E-state index < -0.39 is 0 Å². The number of rotatable bonds is 3. The first kappa shape index (κ1) is 11.9. The van der Waals surface area contributed by atoms with E-state index in [4.69, 9.17) is 0 Å². The first-order chi connectivity index (χ1) is 8.67. The van der Waals surface area contributed by atoms with Crippen LogP contribution >= 0.6 is 0 Å². The highest BCUT2D eigenvalue weighted by Gasteiger charge is 2.55. The van der Waals surface area contributed by atoms with Crippen LogP contribution in [0.4, 0.5) is 0 Å². The van der Waals surface area contributed by atoms with Crippen molar-refractivity contribution < 1.29 is 9.59 Å². The summed E-state index contributed by atoms with van der Waals surface area (Å²) in [7, 11) is 0. The van der Waals surface area contributed by atoms with Gasteiger partial charge >= 0.3 is 0 Å². The molecule has 2 saturated carbocycles. The lowest BCUT2D eigenvalue weighted by molar-refractivity contribution is -0.127. The maximum absolute atomic E-state index is 12.5. The number of carbonyl (C=O) groups is 2. The van der Waals surface area contributed by atoms with E-state index in [0.29, 0.717) is 11.8 Å². The molecule has 0 heterocycles. The van der Waals surface area contributed by atoms with Crippen LogP contribution in [0, 0.1) is 23.7 Å². The smallest absolute Gasteiger partial charge is 0.250 e. The van der Waals surface area contributed by atoms with Gasteiger partial charge in [-0.05, 0) is 51.0 Å². The number of amides is 1. The van der Waals surface area contributed by atoms with E-state index in [1.165, 1.54) is 19.3 Å². The first-order valence-corrected chi connectivity index (χ1v) is 7.22. The van der Waals surface area contributed by atoms with Gasteiger partial charge in [0.1, 0.15) is 0 Å². The summed E-state index contributed by atoms with van der Waals surface area (Å²) in [6.07, 6.45) is 5.24. The van der Waals surface area contributed by atoms with E-state index in [0.717, 1.165) is 18.7 Å². The van der Waals surface area contributed by atoms with Crippen LogP contribution in [0.1, 0.15) is 33.1 Å². The summed E-state index contributed by atoms with van der Waals surface area (Å²) < 4.78 is 0. The molecule has 0 saturated heterocycles. The van der Waals surface area contributed by atoms with Crippen LogP contribution in [0.3, 0.4) is 0 Å². The van der Waals surface area contributed by atoms with Gasteiger partial charge in [-0.3, -0.25) is 9.59 Å². The average molecular weight is 247 g/mol. The van der Waals surface area contributed by atoms with Crippen LogP contribution in [0.15, 0.2) is 11.6 Å². The topological polar surface area (TPSA) is 37.4 Å². The highest BCUT2D eigenvalue weighted by atomic mass is 16.2. The Balaban J connectivity index is 1.87. The molecular weight excluding hydrogens is 226 g/mol. The Labute approximate surface area is 108 Å². The van der Waals surface area contributed by atoms with E-state index >= 15 is 0 Å². The van der Waals surface area contributed by atoms with Gasteiger partial charge in [0.05, 0.1) is 0 Å². The van der Waals surface area contributed by atoms with E-state index in [-0.39, 0.29) is 23.5 Å². The molecule has 2 fully saturated rings. The normalized spacial score (nSPS) is 36.8. The van der Waals surface area contributed by atoms with Crippen molar-refractivity contribution in [3.05, 3.63) is 11.6 Å². The molecule has 18 heavy (non-hydrogen) atoms. The van der Waals surface area contributed by atoms with Gasteiger partial charge < -0.3 is 4.90 Å². The minimum absolute atomic E-state index is 0.105. The van der Waals surface area contributed by atoms with Crippen molar-refractivity contribution >= 4 is 11.7 Å². The summed E-state index contributed by atoms with van der Waals surface area (Å²) in [6.45, 7) is 5.45. The summed E-state index contributed by atoms with van der Waals surface area (Å²) >= 11 is 0. The molecule has 0 radical (unpaired) electrons. The summed E-state index contributed by atoms with van der Waals surface area (Å²) in [4.78, 5) is 26.4. The largest absolute Gasteiger partial charge is 0.339 e. The summed E-state index contributed by atoms with van der Waals surface area (Å²) in [5.41, 5.74) is 0.820. The van der Waals surface area contributed by atoms with Gasteiger partial charge in [0, 0.05) is 30.5 Å². The maximum Gasteiger partial charge on any atom is 0.250 e. The highest BCUT2D eigenvalue weighted by molar-refractivity contribution is 6.07. The van der Waals surface area contributed by atoms with Gasteiger partial charge in [0.25, 0.3) is 0 Å². The predicted octanol–water partition coefficient (Wildman–Crippen LogP) is 2.03. The molecule has 0 spiro atoms. The van der Waals surface area contributed by atoms with Crippen molar-refractivity contribution in [2.24, 2.45) is 23.7 Å². The van der Waals surface area contributed by atoms with Crippen LogP contribution in [-0.4, -0.2) is 29.7 Å². The Morgan fingerprint density at radius 3 is 2.44 bits per heavy atom. The number of carbonyl (C=O) groups excluding carboxylic acids is 2. The minimum Gasteiger partial charge on any atom is -0.339 e. The Bertz CT molecular complexity index is 422. The van der Waals surface area contributed by atoms with E-state index in [1.54, 1.807) is 6.08 Å². The molecule has 3 nitrogen and oxygen atoms in total.